The molecule has 2 atom stereocenters. The van der Waals surface area contributed by atoms with Gasteiger partial charge in [0.2, 0.25) is 0 Å². The number of piperazine rings is 1. The molecule has 3 nitrogen and oxygen atoms in total. The van der Waals surface area contributed by atoms with E-state index in [1.54, 1.807) is 0 Å². The number of aliphatic hydroxyl groups excluding tert-OH is 1. The Balaban J connectivity index is 2.01. The summed E-state index contributed by atoms with van der Waals surface area (Å²) < 4.78 is 0. The van der Waals surface area contributed by atoms with Gasteiger partial charge < -0.3 is 10.4 Å². The van der Waals surface area contributed by atoms with Crippen LogP contribution < -0.4 is 5.32 Å². The van der Waals surface area contributed by atoms with Gasteiger partial charge in [0.25, 0.3) is 0 Å². The molecule has 0 radical (unpaired) electrons. The molecule has 0 aliphatic carbocycles. The summed E-state index contributed by atoms with van der Waals surface area (Å²) >= 11 is 0. The topological polar surface area (TPSA) is 35.5 Å². The van der Waals surface area contributed by atoms with E-state index < -0.39 is 0 Å². The van der Waals surface area contributed by atoms with Gasteiger partial charge in [0.05, 0.1) is 6.10 Å². The van der Waals surface area contributed by atoms with E-state index in [-0.39, 0.29) is 6.10 Å². The third-order valence-corrected chi connectivity index (χ3v) is 2.55. The first-order valence-corrected chi connectivity index (χ1v) is 4.01. The second-order valence-corrected chi connectivity index (χ2v) is 3.16. The van der Waals surface area contributed by atoms with Gasteiger partial charge in [-0.05, 0) is 6.42 Å². The second-order valence-electron chi connectivity index (χ2n) is 3.16. The number of hydrogen-bond acceptors (Lipinski definition) is 3. The molecule has 0 aromatic rings. The zero-order valence-electron chi connectivity index (χ0n) is 6.08. The van der Waals surface area contributed by atoms with E-state index in [0.29, 0.717) is 6.04 Å². The molecule has 0 bridgehead atoms. The van der Waals surface area contributed by atoms with Gasteiger partial charge >= 0.3 is 0 Å². The Morgan fingerprint density at radius 3 is 3.10 bits per heavy atom. The molecule has 0 unspecified atom stereocenters. The Labute approximate surface area is 61.0 Å². The van der Waals surface area contributed by atoms with E-state index in [0.717, 1.165) is 32.6 Å². The molecule has 2 fully saturated rings. The minimum absolute atomic E-state index is 0.0761. The molecule has 2 aliphatic heterocycles. The SMILES string of the molecule is O[C@H]1CCN2CCNC[C@@H]12. The number of nitrogens with one attached hydrogen (secondary N) is 1. The monoisotopic (exact) mass is 142 g/mol. The number of rotatable bonds is 0. The van der Waals surface area contributed by atoms with E-state index in [1.807, 2.05) is 0 Å². The zero-order valence-corrected chi connectivity index (χ0v) is 6.08. The number of nitrogens with zero attached hydrogens (tertiary/aromatic N) is 1. The van der Waals surface area contributed by atoms with Crippen molar-refractivity contribution in [1.29, 1.82) is 0 Å². The highest BCUT2D eigenvalue weighted by atomic mass is 16.3. The minimum atomic E-state index is -0.0761. The number of hydrogen-bond donors (Lipinski definition) is 2. The molecule has 58 valence electrons. The fraction of sp³-hybridized carbons (Fsp3) is 1.00. The second kappa shape index (κ2) is 2.49. The fourth-order valence-corrected chi connectivity index (χ4v) is 1.92. The van der Waals surface area contributed by atoms with Crippen molar-refractivity contribution in [3.8, 4) is 0 Å². The molecule has 2 rings (SSSR count). The quantitative estimate of drug-likeness (QED) is 0.456. The third-order valence-electron chi connectivity index (χ3n) is 2.55. The van der Waals surface area contributed by atoms with Crippen LogP contribution in [0.4, 0.5) is 0 Å². The highest BCUT2D eigenvalue weighted by Gasteiger charge is 2.33. The highest BCUT2D eigenvalue weighted by molar-refractivity contribution is 4.91. The Hall–Kier alpha value is -0.120. The molecular formula is C7H14N2O. The summed E-state index contributed by atoms with van der Waals surface area (Å²) in [5.41, 5.74) is 0. The first-order valence-electron chi connectivity index (χ1n) is 4.01. The van der Waals surface area contributed by atoms with Crippen molar-refractivity contribution in [1.82, 2.24) is 10.2 Å². The molecule has 0 spiro atoms. The maximum Gasteiger partial charge on any atom is 0.0719 e. The summed E-state index contributed by atoms with van der Waals surface area (Å²) in [6.45, 7) is 4.26. The van der Waals surface area contributed by atoms with Gasteiger partial charge in [-0.15, -0.1) is 0 Å². The molecule has 0 amide bonds. The maximum atomic E-state index is 9.44. The van der Waals surface area contributed by atoms with Crippen molar-refractivity contribution in [2.75, 3.05) is 26.2 Å². The van der Waals surface area contributed by atoms with Crippen molar-refractivity contribution in [2.24, 2.45) is 0 Å². The Morgan fingerprint density at radius 1 is 1.40 bits per heavy atom. The van der Waals surface area contributed by atoms with E-state index in [4.69, 9.17) is 0 Å². The Bertz CT molecular complexity index is 127. The van der Waals surface area contributed by atoms with Crippen LogP contribution >= 0.6 is 0 Å². The summed E-state index contributed by atoms with van der Waals surface area (Å²) in [7, 11) is 0. The van der Waals surface area contributed by atoms with Gasteiger partial charge in [0.1, 0.15) is 0 Å². The molecule has 2 saturated heterocycles. The molecule has 2 heterocycles. The Morgan fingerprint density at radius 2 is 2.30 bits per heavy atom. The largest absolute Gasteiger partial charge is 0.391 e. The third kappa shape index (κ3) is 0.944. The molecule has 10 heavy (non-hydrogen) atoms. The van der Waals surface area contributed by atoms with Gasteiger partial charge in [-0.1, -0.05) is 0 Å². The lowest BCUT2D eigenvalue weighted by Crippen LogP contribution is -2.51. The molecule has 2 N–H and O–H groups in total. The van der Waals surface area contributed by atoms with Crippen molar-refractivity contribution in [3.05, 3.63) is 0 Å². The fourth-order valence-electron chi connectivity index (χ4n) is 1.92. The van der Waals surface area contributed by atoms with Crippen LogP contribution in [-0.4, -0.2) is 48.3 Å². The Kier molecular flexibility index (Phi) is 1.64. The summed E-state index contributed by atoms with van der Waals surface area (Å²) in [6.07, 6.45) is 0.889. The maximum absolute atomic E-state index is 9.44. The summed E-state index contributed by atoms with van der Waals surface area (Å²) in [4.78, 5) is 2.38. The summed E-state index contributed by atoms with van der Waals surface area (Å²) in [5, 5.41) is 12.7. The van der Waals surface area contributed by atoms with Crippen LogP contribution in [-0.2, 0) is 0 Å². The molecule has 2 aliphatic rings. The molecule has 3 heteroatoms. The summed E-state index contributed by atoms with van der Waals surface area (Å²) in [6, 6.07) is 0.411. The lowest BCUT2D eigenvalue weighted by Gasteiger charge is -2.31. The minimum Gasteiger partial charge on any atom is -0.391 e. The normalized spacial score (nSPS) is 41.7. The zero-order chi connectivity index (χ0) is 6.97. The van der Waals surface area contributed by atoms with Crippen molar-refractivity contribution < 1.29 is 5.11 Å². The smallest absolute Gasteiger partial charge is 0.0719 e. The highest BCUT2D eigenvalue weighted by Crippen LogP contribution is 2.18. The van der Waals surface area contributed by atoms with Crippen molar-refractivity contribution in [2.45, 2.75) is 18.6 Å². The van der Waals surface area contributed by atoms with E-state index >= 15 is 0 Å². The summed E-state index contributed by atoms with van der Waals surface area (Å²) in [5.74, 6) is 0. The molecule has 0 saturated carbocycles. The van der Waals surface area contributed by atoms with Crippen LogP contribution in [0.15, 0.2) is 0 Å². The lowest BCUT2D eigenvalue weighted by atomic mass is 10.1. The average Bonchev–Trinajstić information content (AvgIpc) is 2.34. The molecule has 0 aromatic carbocycles. The first kappa shape index (κ1) is 6.58. The van der Waals surface area contributed by atoms with Crippen LogP contribution in [0.1, 0.15) is 6.42 Å². The van der Waals surface area contributed by atoms with Crippen molar-refractivity contribution >= 4 is 0 Å². The van der Waals surface area contributed by atoms with Crippen LogP contribution in [0.25, 0.3) is 0 Å². The average molecular weight is 142 g/mol. The first-order chi connectivity index (χ1) is 4.88. The lowest BCUT2D eigenvalue weighted by molar-refractivity contribution is 0.100. The van der Waals surface area contributed by atoms with Gasteiger partial charge in [-0.2, -0.15) is 0 Å². The van der Waals surface area contributed by atoms with Gasteiger partial charge in [-0.3, -0.25) is 4.90 Å². The van der Waals surface area contributed by atoms with Crippen LogP contribution in [0.5, 0.6) is 0 Å². The molecule has 0 aromatic heterocycles. The number of aliphatic hydroxyl groups is 1. The van der Waals surface area contributed by atoms with Gasteiger partial charge in [-0.25, -0.2) is 0 Å². The van der Waals surface area contributed by atoms with Crippen LogP contribution in [0, 0.1) is 0 Å². The number of fused-ring (bicyclic) bond motifs is 1. The van der Waals surface area contributed by atoms with E-state index in [1.165, 1.54) is 0 Å². The van der Waals surface area contributed by atoms with E-state index in [9.17, 15) is 5.11 Å². The standard InChI is InChI=1S/C7H14N2O/c10-7-1-3-9-4-2-8-5-6(7)9/h6-8,10H,1-5H2/t6-,7-/m0/s1. The molecular weight excluding hydrogens is 128 g/mol. The van der Waals surface area contributed by atoms with E-state index in [2.05, 4.69) is 10.2 Å². The predicted octanol–water partition coefficient (Wildman–Crippen LogP) is -0.975. The van der Waals surface area contributed by atoms with Crippen molar-refractivity contribution in [3.63, 3.8) is 0 Å². The van der Waals surface area contributed by atoms with Gasteiger partial charge in [0, 0.05) is 32.2 Å². The van der Waals surface area contributed by atoms with Crippen LogP contribution in [0.2, 0.25) is 0 Å². The predicted molar refractivity (Wildman–Crippen MR) is 38.9 cm³/mol. The van der Waals surface area contributed by atoms with Gasteiger partial charge in [0.15, 0.2) is 0 Å². The van der Waals surface area contributed by atoms with Crippen LogP contribution in [0.3, 0.4) is 0 Å².